The van der Waals surface area contributed by atoms with Gasteiger partial charge in [-0.05, 0) is 24.3 Å². The lowest BCUT2D eigenvalue weighted by atomic mass is 10.1. The molecule has 354 valence electrons. The van der Waals surface area contributed by atoms with Crippen molar-refractivity contribution in [2.45, 2.75) is 0 Å². The first-order valence-corrected chi connectivity index (χ1v) is 22.2. The molecule has 0 amide bonds. The summed E-state index contributed by atoms with van der Waals surface area (Å²) in [5, 5.41) is 39.6. The molecule has 0 unspecified atom stereocenters. The number of aromatic nitrogens is 8. The largest absolute Gasteiger partial charge is 0.490 e. The van der Waals surface area contributed by atoms with Crippen molar-refractivity contribution in [2.75, 3.05) is 106 Å². The first kappa shape index (κ1) is 46.2. The Morgan fingerprint density at radius 2 is 0.676 bits per heavy atom. The van der Waals surface area contributed by atoms with Gasteiger partial charge < -0.3 is 68.3 Å². The molecule has 0 saturated heterocycles. The van der Waals surface area contributed by atoms with Gasteiger partial charge >= 0.3 is 0 Å². The van der Waals surface area contributed by atoms with Crippen molar-refractivity contribution in [2.24, 2.45) is 0 Å². The molecule has 2 aliphatic rings. The van der Waals surface area contributed by atoms with Gasteiger partial charge in [0.15, 0.2) is 23.3 Å². The average Bonchev–Trinajstić information content (AvgIpc) is 4.10. The van der Waals surface area contributed by atoms with Crippen LogP contribution in [0.25, 0.3) is 89.7 Å². The quantitative estimate of drug-likeness (QED) is 0.0458. The zero-order valence-corrected chi connectivity index (χ0v) is 37.0. The van der Waals surface area contributed by atoms with E-state index in [-0.39, 0.29) is 106 Å². The molecule has 0 spiro atoms. The molecule has 7 aromatic rings. The summed E-state index contributed by atoms with van der Waals surface area (Å²) in [5.74, 6) is 3.25. The Bertz CT molecular complexity index is 2830. The van der Waals surface area contributed by atoms with Crippen molar-refractivity contribution in [3.8, 4) is 68.5 Å². The molecule has 0 radical (unpaired) electrons. The van der Waals surface area contributed by atoms with E-state index in [9.17, 15) is 20.4 Å². The van der Waals surface area contributed by atoms with Crippen molar-refractivity contribution in [3.05, 3.63) is 72.8 Å². The number of H-pyrrole nitrogens is 2. The van der Waals surface area contributed by atoms with Crippen LogP contribution in [0.5, 0.6) is 23.0 Å². The van der Waals surface area contributed by atoms with E-state index < -0.39 is 0 Å². The maximum absolute atomic E-state index is 9.26. The molecule has 8 bridgehead atoms. The molecule has 5 heterocycles. The van der Waals surface area contributed by atoms with E-state index >= 15 is 0 Å². The van der Waals surface area contributed by atoms with Crippen LogP contribution < -0.4 is 18.9 Å². The van der Waals surface area contributed by atoms with Crippen molar-refractivity contribution >= 4 is 44.1 Å². The van der Waals surface area contributed by atoms with E-state index in [1.807, 2.05) is 72.8 Å². The SMILES string of the molecule is OCCOCCOc1cccc2c1-c1nc-2nc2[nH]c(nc3nc(nc4[nH]c(n1)c1cccc(OCCOCCO)c41)-c1cccc(OCCOCCO)c1-3)c1cccc(OCCOCCO)c21. The van der Waals surface area contributed by atoms with Gasteiger partial charge in [-0.1, -0.05) is 48.5 Å². The van der Waals surface area contributed by atoms with E-state index in [1.54, 1.807) is 0 Å². The van der Waals surface area contributed by atoms with Gasteiger partial charge in [0.2, 0.25) is 0 Å². The molecule has 0 saturated carbocycles. The van der Waals surface area contributed by atoms with Crippen LogP contribution in [0.1, 0.15) is 0 Å². The van der Waals surface area contributed by atoms with Crippen LogP contribution in [0.4, 0.5) is 0 Å². The van der Waals surface area contributed by atoms with Crippen molar-refractivity contribution < 1.29 is 58.3 Å². The Morgan fingerprint density at radius 1 is 0.338 bits per heavy atom. The molecule has 9 rings (SSSR count). The first-order chi connectivity index (χ1) is 33.6. The number of aliphatic hydroxyl groups is 4. The van der Waals surface area contributed by atoms with Crippen LogP contribution in [-0.4, -0.2) is 166 Å². The first-order valence-electron chi connectivity index (χ1n) is 22.2. The molecule has 20 heteroatoms. The Labute approximate surface area is 388 Å². The van der Waals surface area contributed by atoms with Gasteiger partial charge in [0.05, 0.1) is 101 Å². The molecule has 2 aliphatic heterocycles. The number of benzene rings is 4. The Hall–Kier alpha value is -6.88. The van der Waals surface area contributed by atoms with Gasteiger partial charge in [-0.3, -0.25) is 0 Å². The number of hydrogen-bond acceptors (Lipinski definition) is 18. The van der Waals surface area contributed by atoms with Crippen molar-refractivity contribution in [1.82, 2.24) is 39.9 Å². The minimum atomic E-state index is -0.108. The van der Waals surface area contributed by atoms with E-state index in [0.29, 0.717) is 113 Å². The summed E-state index contributed by atoms with van der Waals surface area (Å²) >= 11 is 0. The average molecular weight is 931 g/mol. The minimum absolute atomic E-state index is 0.108. The van der Waals surface area contributed by atoms with Crippen LogP contribution in [-0.2, 0) is 18.9 Å². The Balaban J connectivity index is 1.32. The lowest BCUT2D eigenvalue weighted by molar-refractivity contribution is 0.0706. The van der Waals surface area contributed by atoms with E-state index in [0.717, 1.165) is 0 Å². The third-order valence-corrected chi connectivity index (χ3v) is 10.7. The molecule has 20 nitrogen and oxygen atoms in total. The summed E-state index contributed by atoms with van der Waals surface area (Å²) in [6.45, 7) is 2.00. The highest BCUT2D eigenvalue weighted by molar-refractivity contribution is 6.10. The topological polar surface area (TPSA) is 264 Å². The molecule has 6 N–H and O–H groups in total. The predicted molar refractivity (Wildman–Crippen MR) is 250 cm³/mol. The Kier molecular flexibility index (Phi) is 15.1. The van der Waals surface area contributed by atoms with Gasteiger partial charge in [0, 0.05) is 21.9 Å². The predicted octanol–water partition coefficient (Wildman–Crippen LogP) is 4.42. The highest BCUT2D eigenvalue weighted by atomic mass is 16.5. The monoisotopic (exact) mass is 930 g/mol. The highest BCUT2D eigenvalue weighted by Crippen LogP contribution is 2.44. The number of hydrogen-bond donors (Lipinski definition) is 6. The summed E-state index contributed by atoms with van der Waals surface area (Å²) in [6.07, 6.45) is 0. The molecular weight excluding hydrogens is 881 g/mol. The fourth-order valence-electron chi connectivity index (χ4n) is 7.85. The molecule has 3 aromatic heterocycles. The summed E-state index contributed by atoms with van der Waals surface area (Å²) < 4.78 is 47.2. The zero-order valence-electron chi connectivity index (χ0n) is 37.0. The van der Waals surface area contributed by atoms with Gasteiger partial charge in [-0.2, -0.15) is 0 Å². The maximum Gasteiger partial charge on any atom is 0.168 e. The van der Waals surface area contributed by atoms with Crippen LogP contribution in [0.15, 0.2) is 72.8 Å². The number of ether oxygens (including phenoxy) is 8. The molecule has 68 heavy (non-hydrogen) atoms. The normalized spacial score (nSPS) is 11.8. The van der Waals surface area contributed by atoms with E-state index in [2.05, 4.69) is 9.97 Å². The minimum Gasteiger partial charge on any atom is -0.490 e. The number of nitrogens with zero attached hydrogens (tertiary/aromatic N) is 6. The fraction of sp³-hybridized carbons (Fsp3) is 0.333. The smallest absolute Gasteiger partial charge is 0.168 e. The second-order valence-corrected chi connectivity index (χ2v) is 15.1. The van der Waals surface area contributed by atoms with Crippen molar-refractivity contribution in [1.29, 1.82) is 0 Å². The lowest BCUT2D eigenvalue weighted by Gasteiger charge is -2.10. The number of aromatic amines is 2. The summed E-state index contributed by atoms with van der Waals surface area (Å²) in [4.78, 5) is 37.8. The van der Waals surface area contributed by atoms with Gasteiger partial charge in [0.25, 0.3) is 0 Å². The molecular formula is C48H50N8O12. The number of rotatable bonds is 24. The van der Waals surface area contributed by atoms with Crippen LogP contribution >= 0.6 is 0 Å². The van der Waals surface area contributed by atoms with Gasteiger partial charge in [-0.15, -0.1) is 0 Å². The standard InChI is InChI=1S/C48H50N8O12/c57-13-17-61-21-25-65-33-9-1-5-29-37(33)45-49-41(29)53-46-38-30(6-2-10-34(38)66-26-22-62-18-14-58)43(50-46)55-48-40-32(8-4-12-36(40)68-28-24-64-20-16-60)44(52-48)56-47-39-31(42(51-47)54-45)7-3-11-35(39)67-27-23-63-19-15-59/h1-12,57-60H,13-28H2,(H2,49,50,51,52,53,54,55,56). The highest BCUT2D eigenvalue weighted by Gasteiger charge is 2.27. The number of fused-ring (bicyclic) bond motifs is 20. The second-order valence-electron chi connectivity index (χ2n) is 15.1. The second kappa shape index (κ2) is 22.3. The molecule has 4 aromatic carbocycles. The summed E-state index contributed by atoms with van der Waals surface area (Å²) in [6, 6.07) is 22.3. The van der Waals surface area contributed by atoms with E-state index in [4.69, 9.17) is 67.8 Å². The van der Waals surface area contributed by atoms with Gasteiger partial charge in [-0.25, -0.2) is 29.9 Å². The van der Waals surface area contributed by atoms with E-state index in [1.165, 1.54) is 0 Å². The molecule has 0 aliphatic carbocycles. The van der Waals surface area contributed by atoms with Crippen molar-refractivity contribution in [3.63, 3.8) is 0 Å². The number of aliphatic hydroxyl groups excluding tert-OH is 4. The fourth-order valence-corrected chi connectivity index (χ4v) is 7.85. The maximum atomic E-state index is 9.26. The lowest BCUT2D eigenvalue weighted by Crippen LogP contribution is -2.09. The summed E-state index contributed by atoms with van der Waals surface area (Å²) in [7, 11) is 0. The molecule has 0 fully saturated rings. The van der Waals surface area contributed by atoms with Gasteiger partial charge in [0.1, 0.15) is 72.0 Å². The third-order valence-electron chi connectivity index (χ3n) is 10.7. The Morgan fingerprint density at radius 3 is 1.06 bits per heavy atom. The van der Waals surface area contributed by atoms with Crippen LogP contribution in [0.2, 0.25) is 0 Å². The molecule has 0 atom stereocenters. The zero-order chi connectivity index (χ0) is 46.7. The van der Waals surface area contributed by atoms with Crippen LogP contribution in [0.3, 0.4) is 0 Å². The third kappa shape index (κ3) is 10.0. The number of nitrogens with one attached hydrogen (secondary N) is 2. The van der Waals surface area contributed by atoms with Crippen LogP contribution in [0, 0.1) is 0 Å². The summed E-state index contributed by atoms with van der Waals surface area (Å²) in [5.41, 5.74) is 4.08.